The summed E-state index contributed by atoms with van der Waals surface area (Å²) in [6.07, 6.45) is 9.78. The Kier molecular flexibility index (Phi) is 3.87. The van der Waals surface area contributed by atoms with E-state index in [0.717, 1.165) is 28.5 Å². The minimum Gasteiger partial charge on any atom is -0.345 e. The predicted molar refractivity (Wildman–Crippen MR) is 79.4 cm³/mol. The van der Waals surface area contributed by atoms with Gasteiger partial charge >= 0.3 is 0 Å². The van der Waals surface area contributed by atoms with Gasteiger partial charge in [-0.3, -0.25) is 4.79 Å². The standard InChI is InChI=1S/C15H22N2OS/c1-2-12-6-4-3-5-9-17(12)15-16-14(11-7-8-11)13(10-18)19-15/h10-12H,2-9H2,1H3. The second-order valence-corrected chi connectivity index (χ2v) is 6.75. The maximum atomic E-state index is 11.2. The van der Waals surface area contributed by atoms with Crippen LogP contribution < -0.4 is 4.90 Å². The third-order valence-corrected chi connectivity index (χ3v) is 5.37. The molecule has 2 fully saturated rings. The van der Waals surface area contributed by atoms with Crippen LogP contribution in [0.25, 0.3) is 0 Å². The fourth-order valence-corrected chi connectivity index (χ4v) is 4.11. The van der Waals surface area contributed by atoms with Gasteiger partial charge in [0.15, 0.2) is 11.4 Å². The predicted octanol–water partition coefficient (Wildman–Crippen LogP) is 3.99. The first-order valence-corrected chi connectivity index (χ1v) is 8.37. The number of aldehydes is 1. The van der Waals surface area contributed by atoms with Crippen LogP contribution in [0.15, 0.2) is 0 Å². The van der Waals surface area contributed by atoms with Gasteiger partial charge in [-0.25, -0.2) is 4.98 Å². The van der Waals surface area contributed by atoms with Crippen molar-refractivity contribution in [2.45, 2.75) is 63.8 Å². The van der Waals surface area contributed by atoms with Gasteiger partial charge in [0.05, 0.1) is 10.6 Å². The van der Waals surface area contributed by atoms with E-state index in [1.165, 1.54) is 44.9 Å². The van der Waals surface area contributed by atoms with Crippen LogP contribution in [0.3, 0.4) is 0 Å². The molecule has 0 amide bonds. The topological polar surface area (TPSA) is 33.2 Å². The van der Waals surface area contributed by atoms with Crippen molar-refractivity contribution >= 4 is 22.8 Å². The summed E-state index contributed by atoms with van der Waals surface area (Å²) in [7, 11) is 0. The Balaban J connectivity index is 1.88. The minimum absolute atomic E-state index is 0.567. The molecule has 3 nitrogen and oxygen atoms in total. The monoisotopic (exact) mass is 278 g/mol. The lowest BCUT2D eigenvalue weighted by molar-refractivity contribution is 0.112. The summed E-state index contributed by atoms with van der Waals surface area (Å²) < 4.78 is 0. The Hall–Kier alpha value is -0.900. The van der Waals surface area contributed by atoms with Crippen molar-refractivity contribution in [3.8, 4) is 0 Å². The van der Waals surface area contributed by atoms with Gasteiger partial charge < -0.3 is 4.90 Å². The Morgan fingerprint density at radius 1 is 1.32 bits per heavy atom. The average Bonchev–Trinajstić information content (AvgIpc) is 3.23. The molecule has 3 rings (SSSR count). The lowest BCUT2D eigenvalue weighted by atomic mass is 10.1. The Morgan fingerprint density at radius 3 is 2.84 bits per heavy atom. The van der Waals surface area contributed by atoms with E-state index in [-0.39, 0.29) is 0 Å². The number of thiazole rings is 1. The third-order valence-electron chi connectivity index (χ3n) is 4.33. The molecule has 1 saturated carbocycles. The zero-order valence-electron chi connectivity index (χ0n) is 11.6. The van der Waals surface area contributed by atoms with E-state index >= 15 is 0 Å². The highest BCUT2D eigenvalue weighted by Gasteiger charge is 2.31. The molecule has 19 heavy (non-hydrogen) atoms. The highest BCUT2D eigenvalue weighted by atomic mass is 32.1. The molecule has 1 aromatic rings. The van der Waals surface area contributed by atoms with Gasteiger partial charge in [-0.1, -0.05) is 31.1 Å². The van der Waals surface area contributed by atoms with Crippen molar-refractivity contribution < 1.29 is 4.79 Å². The number of nitrogens with zero attached hydrogens (tertiary/aromatic N) is 2. The molecule has 2 aliphatic rings. The normalized spacial score (nSPS) is 24.3. The third kappa shape index (κ3) is 2.69. The van der Waals surface area contributed by atoms with Crippen LogP contribution in [0.4, 0.5) is 5.13 Å². The second-order valence-electron chi connectivity index (χ2n) is 5.74. The molecule has 4 heteroatoms. The average molecular weight is 278 g/mol. The van der Waals surface area contributed by atoms with Crippen molar-refractivity contribution in [2.24, 2.45) is 0 Å². The first kappa shape index (κ1) is 13.1. The quantitative estimate of drug-likeness (QED) is 0.781. The first-order chi connectivity index (χ1) is 9.33. The van der Waals surface area contributed by atoms with Gasteiger partial charge in [-0.05, 0) is 32.1 Å². The highest BCUT2D eigenvalue weighted by molar-refractivity contribution is 7.17. The van der Waals surface area contributed by atoms with Crippen molar-refractivity contribution in [3.63, 3.8) is 0 Å². The fourth-order valence-electron chi connectivity index (χ4n) is 3.04. The maximum absolute atomic E-state index is 11.2. The number of carbonyl (C=O) groups excluding carboxylic acids is 1. The van der Waals surface area contributed by atoms with E-state index in [1.54, 1.807) is 11.3 Å². The summed E-state index contributed by atoms with van der Waals surface area (Å²) in [6, 6.07) is 0.611. The zero-order valence-corrected chi connectivity index (χ0v) is 12.4. The molecular formula is C15H22N2OS. The second kappa shape index (κ2) is 5.61. The zero-order chi connectivity index (χ0) is 13.2. The van der Waals surface area contributed by atoms with E-state index in [4.69, 9.17) is 4.98 Å². The van der Waals surface area contributed by atoms with Crippen molar-refractivity contribution in [1.29, 1.82) is 0 Å². The lowest BCUT2D eigenvalue weighted by Gasteiger charge is -2.28. The van der Waals surface area contributed by atoms with E-state index in [0.29, 0.717) is 12.0 Å². The molecule has 104 valence electrons. The number of aromatic nitrogens is 1. The molecule has 0 bridgehead atoms. The number of rotatable bonds is 4. The van der Waals surface area contributed by atoms with Crippen LogP contribution in [0, 0.1) is 0 Å². The SMILES string of the molecule is CCC1CCCCCN1c1nc(C2CC2)c(C=O)s1. The molecular weight excluding hydrogens is 256 g/mol. The minimum atomic E-state index is 0.567. The summed E-state index contributed by atoms with van der Waals surface area (Å²) in [6.45, 7) is 3.37. The Bertz CT molecular complexity index is 453. The van der Waals surface area contributed by atoms with Gasteiger partial charge in [0.1, 0.15) is 0 Å². The van der Waals surface area contributed by atoms with Crippen molar-refractivity contribution in [3.05, 3.63) is 10.6 Å². The summed E-state index contributed by atoms with van der Waals surface area (Å²) in [5.41, 5.74) is 1.08. The molecule has 2 heterocycles. The Morgan fingerprint density at radius 2 is 2.16 bits per heavy atom. The number of anilines is 1. The summed E-state index contributed by atoms with van der Waals surface area (Å²) in [5.74, 6) is 0.567. The van der Waals surface area contributed by atoms with E-state index in [2.05, 4.69) is 11.8 Å². The molecule has 0 spiro atoms. The summed E-state index contributed by atoms with van der Waals surface area (Å²) in [5, 5.41) is 1.10. The first-order valence-electron chi connectivity index (χ1n) is 7.56. The molecule has 1 unspecified atom stereocenters. The van der Waals surface area contributed by atoms with E-state index in [1.807, 2.05) is 0 Å². The largest absolute Gasteiger partial charge is 0.345 e. The molecule has 1 aliphatic heterocycles. The van der Waals surface area contributed by atoms with E-state index < -0.39 is 0 Å². The number of hydrogen-bond acceptors (Lipinski definition) is 4. The van der Waals surface area contributed by atoms with Crippen molar-refractivity contribution in [1.82, 2.24) is 4.98 Å². The lowest BCUT2D eigenvalue weighted by Crippen LogP contribution is -2.34. The van der Waals surface area contributed by atoms with Gasteiger partial charge in [0.25, 0.3) is 0 Å². The smallest absolute Gasteiger partial charge is 0.186 e. The summed E-state index contributed by atoms with van der Waals surface area (Å²) >= 11 is 1.61. The van der Waals surface area contributed by atoms with Crippen LogP contribution >= 0.6 is 11.3 Å². The fraction of sp³-hybridized carbons (Fsp3) is 0.733. The van der Waals surface area contributed by atoms with Crippen molar-refractivity contribution in [2.75, 3.05) is 11.4 Å². The van der Waals surface area contributed by atoms with Gasteiger partial charge in [0, 0.05) is 18.5 Å². The molecule has 1 atom stereocenters. The Labute approximate surface area is 119 Å². The van der Waals surface area contributed by atoms with Crippen LogP contribution in [0.2, 0.25) is 0 Å². The highest BCUT2D eigenvalue weighted by Crippen LogP contribution is 2.44. The summed E-state index contributed by atoms with van der Waals surface area (Å²) in [4.78, 5) is 19.4. The molecule has 1 saturated heterocycles. The molecule has 0 N–H and O–H groups in total. The molecule has 1 aliphatic carbocycles. The van der Waals surface area contributed by atoms with Gasteiger partial charge in [-0.15, -0.1) is 0 Å². The molecule has 0 radical (unpaired) electrons. The maximum Gasteiger partial charge on any atom is 0.186 e. The van der Waals surface area contributed by atoms with E-state index in [9.17, 15) is 4.79 Å². The van der Waals surface area contributed by atoms with Crippen LogP contribution in [-0.4, -0.2) is 23.9 Å². The van der Waals surface area contributed by atoms with Crippen LogP contribution in [0.1, 0.15) is 73.2 Å². The molecule has 0 aromatic carbocycles. The van der Waals surface area contributed by atoms with Crippen LogP contribution in [-0.2, 0) is 0 Å². The van der Waals surface area contributed by atoms with Crippen LogP contribution in [0.5, 0.6) is 0 Å². The number of carbonyl (C=O) groups is 1. The number of hydrogen-bond donors (Lipinski definition) is 0. The van der Waals surface area contributed by atoms with Gasteiger partial charge in [-0.2, -0.15) is 0 Å². The molecule has 1 aromatic heterocycles. The van der Waals surface area contributed by atoms with Gasteiger partial charge in [0.2, 0.25) is 0 Å².